The Morgan fingerprint density at radius 2 is 2.14 bits per heavy atom. The molecule has 0 radical (unpaired) electrons. The fourth-order valence-electron chi connectivity index (χ4n) is 2.67. The molecule has 2 heterocycles. The first-order chi connectivity index (χ1) is 10.2. The molecule has 112 valence electrons. The molecule has 4 nitrogen and oxygen atoms in total. The largest absolute Gasteiger partial charge is 0.369 e. The van der Waals surface area contributed by atoms with Gasteiger partial charge in [0.15, 0.2) is 10.8 Å². The maximum absolute atomic E-state index is 5.98. The van der Waals surface area contributed by atoms with Gasteiger partial charge in [0.1, 0.15) is 10.2 Å². The summed E-state index contributed by atoms with van der Waals surface area (Å²) in [6.07, 6.45) is 6.58. The number of hydrogen-bond acceptors (Lipinski definition) is 5. The first-order valence-corrected chi connectivity index (χ1v) is 9.10. The number of nitrogens with one attached hydrogen (secondary N) is 1. The molecule has 2 aromatic heterocycles. The van der Waals surface area contributed by atoms with Crippen molar-refractivity contribution >= 4 is 44.7 Å². The van der Waals surface area contributed by atoms with Crippen molar-refractivity contribution in [2.45, 2.75) is 38.5 Å². The second kappa shape index (κ2) is 6.58. The van der Waals surface area contributed by atoms with E-state index < -0.39 is 0 Å². The van der Waals surface area contributed by atoms with Crippen LogP contribution in [0.5, 0.6) is 0 Å². The van der Waals surface area contributed by atoms with E-state index in [1.54, 1.807) is 6.20 Å². The smallest absolute Gasteiger partial charge is 0.191 e. The van der Waals surface area contributed by atoms with Gasteiger partial charge >= 0.3 is 0 Å². The van der Waals surface area contributed by atoms with Crippen LogP contribution in [-0.4, -0.2) is 21.5 Å². The minimum atomic E-state index is 0.508. The lowest BCUT2D eigenvalue weighted by Gasteiger charge is -2.15. The van der Waals surface area contributed by atoms with E-state index >= 15 is 0 Å². The van der Waals surface area contributed by atoms with Crippen molar-refractivity contribution in [3.05, 3.63) is 20.7 Å². The molecule has 0 amide bonds. The van der Waals surface area contributed by atoms with Crippen molar-refractivity contribution in [2.75, 3.05) is 11.9 Å². The van der Waals surface area contributed by atoms with E-state index in [1.165, 1.54) is 37.0 Å². The molecule has 1 N–H and O–H groups in total. The van der Waals surface area contributed by atoms with Gasteiger partial charge in [-0.25, -0.2) is 15.0 Å². The summed E-state index contributed by atoms with van der Waals surface area (Å²) in [6.45, 7) is 2.88. The number of aromatic nitrogens is 3. The second-order valence-corrected chi connectivity index (χ2v) is 7.53. The molecule has 21 heavy (non-hydrogen) atoms. The van der Waals surface area contributed by atoms with Crippen LogP contribution in [0.2, 0.25) is 4.34 Å². The van der Waals surface area contributed by atoms with E-state index in [9.17, 15) is 0 Å². The highest BCUT2D eigenvalue weighted by Crippen LogP contribution is 2.40. The van der Waals surface area contributed by atoms with E-state index in [2.05, 4.69) is 38.1 Å². The van der Waals surface area contributed by atoms with Crippen molar-refractivity contribution < 1.29 is 0 Å². The highest BCUT2D eigenvalue weighted by Gasteiger charge is 2.24. The summed E-state index contributed by atoms with van der Waals surface area (Å²) < 4.78 is 1.64. The van der Waals surface area contributed by atoms with Crippen LogP contribution in [0.3, 0.4) is 0 Å². The summed E-state index contributed by atoms with van der Waals surface area (Å²) in [7, 11) is 0. The highest BCUT2D eigenvalue weighted by atomic mass is 79.9. The zero-order chi connectivity index (χ0) is 14.8. The van der Waals surface area contributed by atoms with E-state index in [4.69, 9.17) is 16.6 Å². The summed E-state index contributed by atoms with van der Waals surface area (Å²) >= 11 is 11.1. The highest BCUT2D eigenvalue weighted by molar-refractivity contribution is 9.10. The third-order valence-corrected chi connectivity index (χ3v) is 5.52. The first kappa shape index (κ1) is 15.2. The predicted molar refractivity (Wildman–Crippen MR) is 91.2 cm³/mol. The molecule has 0 unspecified atom stereocenters. The van der Waals surface area contributed by atoms with Crippen molar-refractivity contribution in [1.82, 2.24) is 15.0 Å². The van der Waals surface area contributed by atoms with Gasteiger partial charge in [0.25, 0.3) is 0 Å². The number of hydrogen-bond donors (Lipinski definition) is 1. The molecule has 1 aliphatic carbocycles. The molecule has 1 aliphatic rings. The average molecular weight is 388 g/mol. The molecule has 0 aromatic carbocycles. The molecule has 7 heteroatoms. The van der Waals surface area contributed by atoms with Crippen molar-refractivity contribution in [1.29, 1.82) is 0 Å². The van der Waals surface area contributed by atoms with Crippen molar-refractivity contribution in [3.63, 3.8) is 0 Å². The fourth-order valence-corrected chi connectivity index (χ4v) is 4.16. The molecule has 0 spiro atoms. The molecule has 2 aromatic rings. The standard InChI is InChI=1S/C14H16BrClN4S/c1-2-17-12-10(15)11(8-5-3-4-6-8)19-13(20-12)14-18-7-9(16)21-14/h7-8H,2-6H2,1H3,(H,17,19,20). The number of halogens is 2. The lowest BCUT2D eigenvalue weighted by Crippen LogP contribution is -2.08. The van der Waals surface area contributed by atoms with Crippen molar-refractivity contribution in [2.24, 2.45) is 0 Å². The van der Waals surface area contributed by atoms with Crippen LogP contribution >= 0.6 is 38.9 Å². The molecule has 1 fully saturated rings. The van der Waals surface area contributed by atoms with Crippen LogP contribution < -0.4 is 5.32 Å². The van der Waals surface area contributed by atoms with Crippen LogP contribution in [-0.2, 0) is 0 Å². The lowest BCUT2D eigenvalue weighted by atomic mass is 10.0. The molecule has 0 saturated heterocycles. The van der Waals surface area contributed by atoms with E-state index in [0.717, 1.165) is 27.5 Å². The SMILES string of the molecule is CCNc1nc(-c2ncc(Cl)s2)nc(C2CCCC2)c1Br. The van der Waals surface area contributed by atoms with Gasteiger partial charge in [0.05, 0.1) is 16.4 Å². The van der Waals surface area contributed by atoms with Crippen LogP contribution in [0.4, 0.5) is 5.82 Å². The number of nitrogens with zero attached hydrogens (tertiary/aromatic N) is 3. The van der Waals surface area contributed by atoms with Gasteiger partial charge in [0.2, 0.25) is 0 Å². The molecule has 0 bridgehead atoms. The summed E-state index contributed by atoms with van der Waals surface area (Å²) in [5.74, 6) is 2.01. The molecule has 3 rings (SSSR count). The Hall–Kier alpha value is -0.720. The Morgan fingerprint density at radius 3 is 2.76 bits per heavy atom. The summed E-state index contributed by atoms with van der Waals surface area (Å²) in [4.78, 5) is 13.7. The predicted octanol–water partition coefficient (Wildman–Crippen LogP) is 5.11. The van der Waals surface area contributed by atoms with Crippen molar-refractivity contribution in [3.8, 4) is 10.8 Å². The Kier molecular flexibility index (Phi) is 4.76. The van der Waals surface area contributed by atoms with Gasteiger partial charge in [-0.05, 0) is 35.7 Å². The quantitative estimate of drug-likeness (QED) is 0.792. The van der Waals surface area contributed by atoms with E-state index in [-0.39, 0.29) is 0 Å². The van der Waals surface area contributed by atoms with Crippen LogP contribution in [0, 0.1) is 0 Å². The average Bonchev–Trinajstić information content (AvgIpc) is 3.12. The molecular formula is C14H16BrClN4S. The number of rotatable bonds is 4. The van der Waals surface area contributed by atoms with Gasteiger partial charge in [-0.15, -0.1) is 0 Å². The summed E-state index contributed by atoms with van der Waals surface area (Å²) in [5.41, 5.74) is 1.10. The van der Waals surface area contributed by atoms with Gasteiger partial charge in [0, 0.05) is 12.5 Å². The minimum absolute atomic E-state index is 0.508. The Labute approximate surface area is 141 Å². The van der Waals surface area contributed by atoms with Gasteiger partial charge in [-0.3, -0.25) is 0 Å². The normalized spacial score (nSPS) is 15.6. The number of thiazole rings is 1. The zero-order valence-electron chi connectivity index (χ0n) is 11.7. The monoisotopic (exact) mass is 386 g/mol. The minimum Gasteiger partial charge on any atom is -0.369 e. The van der Waals surface area contributed by atoms with Crippen LogP contribution in [0.15, 0.2) is 10.7 Å². The first-order valence-electron chi connectivity index (χ1n) is 7.12. The third kappa shape index (κ3) is 3.22. The zero-order valence-corrected chi connectivity index (χ0v) is 14.9. The van der Waals surface area contributed by atoms with Gasteiger partial charge in [-0.2, -0.15) is 0 Å². The second-order valence-electron chi connectivity index (χ2n) is 5.08. The Morgan fingerprint density at radius 1 is 1.38 bits per heavy atom. The Balaban J connectivity index is 2.07. The molecule has 0 aliphatic heterocycles. The number of anilines is 1. The van der Waals surface area contributed by atoms with Gasteiger partial charge < -0.3 is 5.32 Å². The van der Waals surface area contributed by atoms with Crippen LogP contribution in [0.25, 0.3) is 10.8 Å². The summed E-state index contributed by atoms with van der Waals surface area (Å²) in [5, 5.41) is 4.07. The molecule has 1 saturated carbocycles. The maximum Gasteiger partial charge on any atom is 0.191 e. The molecular weight excluding hydrogens is 372 g/mol. The topological polar surface area (TPSA) is 50.7 Å². The summed E-state index contributed by atoms with van der Waals surface area (Å²) in [6, 6.07) is 0. The van der Waals surface area contributed by atoms with Gasteiger partial charge in [-0.1, -0.05) is 35.8 Å². The lowest BCUT2D eigenvalue weighted by molar-refractivity contribution is 0.691. The van der Waals surface area contributed by atoms with Crippen LogP contribution in [0.1, 0.15) is 44.2 Å². The third-order valence-electron chi connectivity index (χ3n) is 3.63. The Bertz CT molecular complexity index is 640. The maximum atomic E-state index is 5.98. The molecule has 0 atom stereocenters. The fraction of sp³-hybridized carbons (Fsp3) is 0.500. The van der Waals surface area contributed by atoms with E-state index in [1.807, 2.05) is 0 Å². The van der Waals surface area contributed by atoms with E-state index in [0.29, 0.717) is 16.1 Å².